The summed E-state index contributed by atoms with van der Waals surface area (Å²) in [7, 11) is -3.61. The van der Waals surface area contributed by atoms with Gasteiger partial charge < -0.3 is 14.8 Å². The first kappa shape index (κ1) is 27.5. The molecule has 0 amide bonds. The first-order valence-corrected chi connectivity index (χ1v) is 17.2. The van der Waals surface area contributed by atoms with Crippen molar-refractivity contribution < 1.29 is 8.42 Å². The van der Waals surface area contributed by atoms with Gasteiger partial charge in [0.2, 0.25) is 15.8 Å². The van der Waals surface area contributed by atoms with Crippen LogP contribution in [0.2, 0.25) is 0 Å². The van der Waals surface area contributed by atoms with Crippen molar-refractivity contribution in [1.29, 1.82) is 0 Å². The molecule has 0 radical (unpaired) electrons. The zero-order chi connectivity index (χ0) is 27.9. The quantitative estimate of drug-likeness (QED) is 0.317. The lowest BCUT2D eigenvalue weighted by Crippen LogP contribution is -2.36. The highest BCUT2D eigenvalue weighted by Crippen LogP contribution is 2.40. The molecule has 8 nitrogen and oxygen atoms in total. The van der Waals surface area contributed by atoms with Crippen LogP contribution in [0.1, 0.15) is 89.7 Å². The average molecular weight is 565 g/mol. The van der Waals surface area contributed by atoms with Gasteiger partial charge in [0.15, 0.2) is 11.5 Å². The van der Waals surface area contributed by atoms with Gasteiger partial charge in [-0.2, -0.15) is 15.0 Å². The summed E-state index contributed by atoms with van der Waals surface area (Å²) in [5, 5.41) is 3.50. The predicted octanol–water partition coefficient (Wildman–Crippen LogP) is 6.39. The number of hydrogen-bond acceptors (Lipinski definition) is 7. The van der Waals surface area contributed by atoms with E-state index >= 15 is 0 Å². The Morgan fingerprint density at radius 2 is 1.70 bits per heavy atom. The second-order valence-corrected chi connectivity index (χ2v) is 14.6. The molecule has 9 heteroatoms. The molecular formula is C31H44N6O2S. The van der Waals surface area contributed by atoms with Gasteiger partial charge in [-0.15, -0.1) is 0 Å². The fourth-order valence-corrected chi connectivity index (χ4v) is 7.41. The van der Waals surface area contributed by atoms with E-state index in [0.717, 1.165) is 43.3 Å². The highest BCUT2D eigenvalue weighted by Gasteiger charge is 2.33. The Kier molecular flexibility index (Phi) is 7.77. The lowest BCUT2D eigenvalue weighted by molar-refractivity contribution is 0.266. The number of imidazole rings is 1. The van der Waals surface area contributed by atoms with Gasteiger partial charge in [-0.25, -0.2) is 8.42 Å². The van der Waals surface area contributed by atoms with E-state index in [4.69, 9.17) is 4.98 Å². The maximum Gasteiger partial charge on any atom is 0.250 e. The van der Waals surface area contributed by atoms with Crippen LogP contribution in [-0.2, 0) is 16.4 Å². The molecule has 1 aliphatic heterocycles. The van der Waals surface area contributed by atoms with Crippen molar-refractivity contribution in [2.75, 3.05) is 23.0 Å². The van der Waals surface area contributed by atoms with Crippen LogP contribution in [0.15, 0.2) is 35.5 Å². The zero-order valence-electron chi connectivity index (χ0n) is 24.2. The molecule has 3 fully saturated rings. The van der Waals surface area contributed by atoms with Gasteiger partial charge in [0.25, 0.3) is 5.16 Å². The number of aromatic nitrogens is 4. The summed E-state index contributed by atoms with van der Waals surface area (Å²) in [5.74, 6) is 3.43. The Balaban J connectivity index is 1.50. The van der Waals surface area contributed by atoms with Crippen LogP contribution >= 0.6 is 0 Å². The fraction of sp³-hybridized carbons (Fsp3) is 0.645. The van der Waals surface area contributed by atoms with Crippen molar-refractivity contribution in [2.45, 2.75) is 102 Å². The molecule has 2 atom stereocenters. The van der Waals surface area contributed by atoms with E-state index in [-0.39, 0.29) is 17.2 Å². The van der Waals surface area contributed by atoms with Gasteiger partial charge in [0, 0.05) is 25.4 Å². The highest BCUT2D eigenvalue weighted by molar-refractivity contribution is 7.90. The molecule has 3 aliphatic rings. The Bertz CT molecular complexity index is 1430. The number of nitrogens with zero attached hydrogens (tertiary/aromatic N) is 5. The second-order valence-electron chi connectivity index (χ2n) is 12.7. The van der Waals surface area contributed by atoms with E-state index in [1.165, 1.54) is 63.2 Å². The van der Waals surface area contributed by atoms with Gasteiger partial charge in [0.05, 0.1) is 6.04 Å². The predicted molar refractivity (Wildman–Crippen MR) is 160 cm³/mol. The number of hydrogen-bond donors (Lipinski definition) is 1. The van der Waals surface area contributed by atoms with Gasteiger partial charge in [-0.3, -0.25) is 0 Å². The van der Waals surface area contributed by atoms with Crippen molar-refractivity contribution in [3.05, 3.63) is 35.9 Å². The summed E-state index contributed by atoms with van der Waals surface area (Å²) in [6.45, 7) is 6.32. The van der Waals surface area contributed by atoms with Crippen molar-refractivity contribution in [1.82, 2.24) is 19.5 Å². The Hall–Kier alpha value is -2.68. The third kappa shape index (κ3) is 5.58. The number of rotatable bonds is 8. The molecule has 1 saturated heterocycles. The van der Waals surface area contributed by atoms with Crippen molar-refractivity contribution in [3.8, 4) is 0 Å². The van der Waals surface area contributed by atoms with Gasteiger partial charge >= 0.3 is 0 Å². The molecular weight excluding hydrogens is 520 g/mol. The molecule has 6 rings (SSSR count). The van der Waals surface area contributed by atoms with E-state index in [2.05, 4.69) is 68.9 Å². The summed E-state index contributed by atoms with van der Waals surface area (Å²) in [6, 6.07) is 11.2. The smallest absolute Gasteiger partial charge is 0.250 e. The maximum atomic E-state index is 12.7. The van der Waals surface area contributed by atoms with Crippen LogP contribution in [-0.4, -0.2) is 46.8 Å². The third-order valence-corrected chi connectivity index (χ3v) is 10.5. The number of sulfone groups is 1. The lowest BCUT2D eigenvalue weighted by Gasteiger charge is -2.38. The van der Waals surface area contributed by atoms with E-state index in [1.807, 2.05) is 0 Å². The molecule has 3 aromatic rings. The topological polar surface area (TPSA) is 93.0 Å². The van der Waals surface area contributed by atoms with Crippen molar-refractivity contribution >= 4 is 32.8 Å². The lowest BCUT2D eigenvalue weighted by atomic mass is 9.80. The number of anilines is 2. The SMILES string of the molecule is C[C@@H](Nc1nc(S(C)(=O)=O)nc2nc(N3CCCCC3c3ccccc3)n(C[C@H]3CC[C@H](C)CC3)c12)C1CCC1. The molecule has 2 aromatic heterocycles. The Morgan fingerprint density at radius 3 is 2.38 bits per heavy atom. The molecule has 0 spiro atoms. The third-order valence-electron chi connectivity index (χ3n) is 9.64. The van der Waals surface area contributed by atoms with Crippen LogP contribution in [0.3, 0.4) is 0 Å². The largest absolute Gasteiger partial charge is 0.365 e. The Labute approximate surface area is 238 Å². The minimum absolute atomic E-state index is 0.149. The molecule has 2 aliphatic carbocycles. The minimum atomic E-state index is -3.61. The van der Waals surface area contributed by atoms with E-state index in [0.29, 0.717) is 23.3 Å². The van der Waals surface area contributed by atoms with Gasteiger partial charge in [-0.05, 0) is 75.2 Å². The number of benzene rings is 1. The zero-order valence-corrected chi connectivity index (χ0v) is 25.0. The second kappa shape index (κ2) is 11.3. The molecule has 2 saturated carbocycles. The minimum Gasteiger partial charge on any atom is -0.365 e. The molecule has 3 heterocycles. The Morgan fingerprint density at radius 1 is 0.950 bits per heavy atom. The molecule has 216 valence electrons. The number of piperidine rings is 1. The van der Waals surface area contributed by atoms with Crippen LogP contribution in [0.5, 0.6) is 0 Å². The highest BCUT2D eigenvalue weighted by atomic mass is 32.2. The van der Waals surface area contributed by atoms with Gasteiger partial charge in [-0.1, -0.05) is 56.5 Å². The first-order valence-electron chi connectivity index (χ1n) is 15.3. The van der Waals surface area contributed by atoms with Crippen molar-refractivity contribution in [2.24, 2.45) is 17.8 Å². The van der Waals surface area contributed by atoms with Crippen LogP contribution in [0.4, 0.5) is 11.8 Å². The summed E-state index contributed by atoms with van der Waals surface area (Å²) in [4.78, 5) is 16.8. The summed E-state index contributed by atoms with van der Waals surface area (Å²) >= 11 is 0. The molecule has 1 N–H and O–H groups in total. The van der Waals surface area contributed by atoms with Crippen LogP contribution in [0, 0.1) is 17.8 Å². The van der Waals surface area contributed by atoms with Crippen LogP contribution < -0.4 is 10.2 Å². The monoisotopic (exact) mass is 564 g/mol. The normalized spacial score (nSPS) is 25.1. The van der Waals surface area contributed by atoms with Crippen LogP contribution in [0.25, 0.3) is 11.2 Å². The summed E-state index contributed by atoms with van der Waals surface area (Å²) in [6.07, 6.45) is 13.1. The molecule has 1 aromatic carbocycles. The fourth-order valence-electron chi connectivity index (χ4n) is 6.90. The van der Waals surface area contributed by atoms with E-state index in [9.17, 15) is 8.42 Å². The van der Waals surface area contributed by atoms with Gasteiger partial charge in [0.1, 0.15) is 5.52 Å². The van der Waals surface area contributed by atoms with E-state index < -0.39 is 9.84 Å². The molecule has 0 bridgehead atoms. The number of fused-ring (bicyclic) bond motifs is 1. The standard InChI is InChI=1S/C31H44N6O2S/c1-21-15-17-23(18-16-21)20-37-27-28(32-22(2)24-12-9-13-24)33-30(40(3,38)39)34-29(27)35-31(37)36-19-8-7-14-26(36)25-10-5-4-6-11-25/h4-6,10-11,21-24,26H,7-9,12-20H2,1-3H3,(H,32,33,34)/t21-,22-,23-,26?/m1/s1. The molecule has 1 unspecified atom stereocenters. The molecule has 40 heavy (non-hydrogen) atoms. The van der Waals surface area contributed by atoms with E-state index in [1.54, 1.807) is 0 Å². The number of nitrogens with one attached hydrogen (secondary N) is 1. The summed E-state index contributed by atoms with van der Waals surface area (Å²) in [5.41, 5.74) is 2.63. The van der Waals surface area contributed by atoms with Crippen molar-refractivity contribution in [3.63, 3.8) is 0 Å². The summed E-state index contributed by atoms with van der Waals surface area (Å²) < 4.78 is 27.7. The maximum absolute atomic E-state index is 12.7. The average Bonchev–Trinajstić information content (AvgIpc) is 3.27. The first-order chi connectivity index (χ1) is 19.3.